The monoisotopic (exact) mass is 326 g/mol. The second-order valence-electron chi connectivity index (χ2n) is 5.25. The van der Waals surface area contributed by atoms with Gasteiger partial charge in [-0.3, -0.25) is 4.79 Å². The minimum atomic E-state index is -3.20. The third-order valence-corrected chi connectivity index (χ3v) is 3.25. The summed E-state index contributed by atoms with van der Waals surface area (Å²) in [4.78, 5) is 11.8. The summed E-state index contributed by atoms with van der Waals surface area (Å²) < 4.78 is 41.7. The molecule has 8 heteroatoms. The largest absolute Gasteiger partial charge is 0.346 e. The van der Waals surface area contributed by atoms with E-state index in [1.165, 1.54) is 16.8 Å². The molecule has 0 aliphatic heterocycles. The molecule has 1 heterocycles. The lowest BCUT2D eigenvalue weighted by Crippen LogP contribution is -2.41. The van der Waals surface area contributed by atoms with Crippen LogP contribution in [0.3, 0.4) is 0 Å². The van der Waals surface area contributed by atoms with Gasteiger partial charge in [0.25, 0.3) is 11.8 Å². The van der Waals surface area contributed by atoms with Crippen LogP contribution < -0.4 is 11.1 Å². The lowest BCUT2D eigenvalue weighted by Gasteiger charge is -2.14. The summed E-state index contributed by atoms with van der Waals surface area (Å²) in [6.07, 6.45) is 0. The van der Waals surface area contributed by atoms with Crippen molar-refractivity contribution in [3.8, 4) is 5.69 Å². The number of aromatic nitrogens is 2. The van der Waals surface area contributed by atoms with Gasteiger partial charge in [0.2, 0.25) is 0 Å². The summed E-state index contributed by atoms with van der Waals surface area (Å²) in [6, 6.07) is 5.51. The summed E-state index contributed by atoms with van der Waals surface area (Å²) in [7, 11) is 0. The molecule has 124 valence electrons. The van der Waals surface area contributed by atoms with Gasteiger partial charge in [0.15, 0.2) is 0 Å². The SMILES string of the molecule is Cc1cc(C)n(-c2ccc(C(=O)NCC(F)(F)CN)cc2F)n1. The molecule has 2 rings (SSSR count). The molecule has 1 aromatic heterocycles. The van der Waals surface area contributed by atoms with Crippen LogP contribution in [-0.4, -0.2) is 34.7 Å². The topological polar surface area (TPSA) is 72.9 Å². The molecule has 2 aromatic rings. The Morgan fingerprint density at radius 2 is 2.04 bits per heavy atom. The zero-order valence-corrected chi connectivity index (χ0v) is 12.7. The number of nitrogens with zero attached hydrogens (tertiary/aromatic N) is 2. The van der Waals surface area contributed by atoms with Gasteiger partial charge in [0.1, 0.15) is 11.5 Å². The molecule has 0 unspecified atom stereocenters. The summed E-state index contributed by atoms with van der Waals surface area (Å²) in [5.74, 6) is -4.66. The zero-order valence-electron chi connectivity index (χ0n) is 12.7. The fourth-order valence-corrected chi connectivity index (χ4v) is 2.08. The minimum absolute atomic E-state index is 0.0550. The number of alkyl halides is 2. The third-order valence-electron chi connectivity index (χ3n) is 3.25. The minimum Gasteiger partial charge on any atom is -0.346 e. The molecule has 0 aliphatic carbocycles. The summed E-state index contributed by atoms with van der Waals surface area (Å²) in [5.41, 5.74) is 6.48. The van der Waals surface area contributed by atoms with Crippen molar-refractivity contribution in [2.75, 3.05) is 13.1 Å². The normalized spacial score (nSPS) is 11.6. The van der Waals surface area contributed by atoms with Gasteiger partial charge >= 0.3 is 0 Å². The molecule has 0 saturated heterocycles. The highest BCUT2D eigenvalue weighted by Crippen LogP contribution is 2.18. The average molecular weight is 326 g/mol. The molecule has 1 aromatic carbocycles. The van der Waals surface area contributed by atoms with Crippen molar-refractivity contribution in [2.24, 2.45) is 5.73 Å². The van der Waals surface area contributed by atoms with Crippen molar-refractivity contribution in [3.63, 3.8) is 0 Å². The molecule has 0 atom stereocenters. The van der Waals surface area contributed by atoms with Gasteiger partial charge in [-0.15, -0.1) is 0 Å². The smallest absolute Gasteiger partial charge is 0.277 e. The van der Waals surface area contributed by atoms with E-state index >= 15 is 0 Å². The highest BCUT2D eigenvalue weighted by Gasteiger charge is 2.27. The molecule has 5 nitrogen and oxygen atoms in total. The van der Waals surface area contributed by atoms with E-state index in [-0.39, 0.29) is 11.3 Å². The first-order valence-corrected chi connectivity index (χ1v) is 6.93. The molecule has 0 bridgehead atoms. The molecule has 3 N–H and O–H groups in total. The van der Waals surface area contributed by atoms with Crippen molar-refractivity contribution in [3.05, 3.63) is 47.0 Å². The van der Waals surface area contributed by atoms with Gasteiger partial charge in [-0.05, 0) is 38.1 Å². The highest BCUT2D eigenvalue weighted by atomic mass is 19.3. The standard InChI is InChI=1S/C15H17F3N4O/c1-9-5-10(2)22(21-9)13-4-3-11(6-12(13)16)14(23)20-8-15(17,18)7-19/h3-6H,7-8,19H2,1-2H3,(H,20,23). The molecular weight excluding hydrogens is 309 g/mol. The lowest BCUT2D eigenvalue weighted by molar-refractivity contribution is 0.0118. The van der Waals surface area contributed by atoms with Crippen LogP contribution in [0.25, 0.3) is 5.69 Å². The van der Waals surface area contributed by atoms with Gasteiger partial charge in [-0.25, -0.2) is 17.9 Å². The Morgan fingerprint density at radius 1 is 1.35 bits per heavy atom. The van der Waals surface area contributed by atoms with E-state index in [1.54, 1.807) is 19.9 Å². The number of nitrogens with two attached hydrogens (primary N) is 1. The van der Waals surface area contributed by atoms with Gasteiger partial charge in [0.05, 0.1) is 18.8 Å². The van der Waals surface area contributed by atoms with Crippen LogP contribution in [-0.2, 0) is 0 Å². The molecule has 1 amide bonds. The number of benzene rings is 1. The van der Waals surface area contributed by atoms with Crippen LogP contribution in [0.1, 0.15) is 21.7 Å². The van der Waals surface area contributed by atoms with Gasteiger partial charge in [-0.2, -0.15) is 5.10 Å². The third kappa shape index (κ3) is 3.89. The van der Waals surface area contributed by atoms with Crippen molar-refractivity contribution < 1.29 is 18.0 Å². The maximum atomic E-state index is 14.2. The Labute approximate surface area is 131 Å². The first kappa shape index (κ1) is 17.0. The molecule has 0 saturated carbocycles. The summed E-state index contributed by atoms with van der Waals surface area (Å²) in [5, 5.41) is 6.19. The second-order valence-corrected chi connectivity index (χ2v) is 5.25. The Hall–Kier alpha value is -2.35. The van der Waals surface area contributed by atoms with Crippen molar-refractivity contribution in [1.82, 2.24) is 15.1 Å². The van der Waals surface area contributed by atoms with E-state index in [4.69, 9.17) is 5.73 Å². The summed E-state index contributed by atoms with van der Waals surface area (Å²) in [6.45, 7) is 1.78. The first-order valence-electron chi connectivity index (χ1n) is 6.93. The maximum absolute atomic E-state index is 14.2. The number of halogens is 3. The average Bonchev–Trinajstić information content (AvgIpc) is 2.83. The van der Waals surface area contributed by atoms with E-state index in [9.17, 15) is 18.0 Å². The predicted molar refractivity (Wildman–Crippen MR) is 79.3 cm³/mol. The van der Waals surface area contributed by atoms with Gasteiger partial charge < -0.3 is 11.1 Å². The molecular formula is C15H17F3N4O. The Bertz CT molecular complexity index is 728. The predicted octanol–water partition coefficient (Wildman–Crippen LogP) is 1.95. The van der Waals surface area contributed by atoms with E-state index in [1.807, 2.05) is 5.32 Å². The Kier molecular flexibility index (Phi) is 4.74. The number of nitrogens with one attached hydrogen (secondary N) is 1. The van der Waals surface area contributed by atoms with Crippen molar-refractivity contribution in [2.45, 2.75) is 19.8 Å². The molecule has 0 radical (unpaired) electrons. The van der Waals surface area contributed by atoms with E-state index in [0.717, 1.165) is 17.5 Å². The fourth-order valence-electron chi connectivity index (χ4n) is 2.08. The van der Waals surface area contributed by atoms with Crippen molar-refractivity contribution in [1.29, 1.82) is 0 Å². The van der Waals surface area contributed by atoms with Crippen LogP contribution in [0.5, 0.6) is 0 Å². The number of carbonyl (C=O) groups excluding carboxylic acids is 1. The molecule has 0 fully saturated rings. The van der Waals surface area contributed by atoms with Crippen LogP contribution in [0, 0.1) is 19.7 Å². The van der Waals surface area contributed by atoms with E-state index in [2.05, 4.69) is 5.10 Å². The maximum Gasteiger partial charge on any atom is 0.277 e. The number of hydrogen-bond acceptors (Lipinski definition) is 3. The fraction of sp³-hybridized carbons (Fsp3) is 0.333. The van der Waals surface area contributed by atoms with E-state index in [0.29, 0.717) is 0 Å². The second kappa shape index (κ2) is 6.41. The van der Waals surface area contributed by atoms with Crippen molar-refractivity contribution >= 4 is 5.91 Å². The molecule has 23 heavy (non-hydrogen) atoms. The van der Waals surface area contributed by atoms with Crippen LogP contribution in [0.4, 0.5) is 13.2 Å². The van der Waals surface area contributed by atoms with Crippen LogP contribution in [0.2, 0.25) is 0 Å². The van der Waals surface area contributed by atoms with Crippen LogP contribution in [0.15, 0.2) is 24.3 Å². The zero-order chi connectivity index (χ0) is 17.2. The number of amides is 1. The molecule has 0 aliphatic rings. The van der Waals surface area contributed by atoms with Crippen LogP contribution >= 0.6 is 0 Å². The molecule has 0 spiro atoms. The number of hydrogen-bond donors (Lipinski definition) is 2. The lowest BCUT2D eigenvalue weighted by atomic mass is 10.1. The number of rotatable bonds is 5. The quantitative estimate of drug-likeness (QED) is 0.882. The Balaban J connectivity index is 2.19. The highest BCUT2D eigenvalue weighted by molar-refractivity contribution is 5.94. The van der Waals surface area contributed by atoms with E-state index < -0.39 is 30.7 Å². The first-order chi connectivity index (χ1) is 10.7. The number of carbonyl (C=O) groups is 1. The van der Waals surface area contributed by atoms with Gasteiger partial charge in [0, 0.05) is 11.3 Å². The van der Waals surface area contributed by atoms with Gasteiger partial charge in [-0.1, -0.05) is 0 Å². The summed E-state index contributed by atoms with van der Waals surface area (Å²) >= 11 is 0. The Morgan fingerprint density at radius 3 is 2.57 bits per heavy atom. The number of aryl methyl sites for hydroxylation is 2.